The van der Waals surface area contributed by atoms with E-state index < -0.39 is 0 Å². The Morgan fingerprint density at radius 2 is 2.18 bits per heavy atom. The molecule has 0 spiro atoms. The molecule has 1 heterocycles. The minimum Gasteiger partial charge on any atom is -0.306 e. The van der Waals surface area contributed by atoms with Crippen molar-refractivity contribution in [3.63, 3.8) is 0 Å². The van der Waals surface area contributed by atoms with E-state index in [9.17, 15) is 4.79 Å². The molecule has 3 heteroatoms. The van der Waals surface area contributed by atoms with Crippen LogP contribution in [0.15, 0.2) is 49.3 Å². The zero-order valence-corrected chi connectivity index (χ0v) is 9.52. The van der Waals surface area contributed by atoms with Gasteiger partial charge in [0, 0.05) is 29.9 Å². The molecule has 2 rings (SSSR count). The summed E-state index contributed by atoms with van der Waals surface area (Å²) < 4.78 is 0. The standard InChI is InChI=1S/C14H14N2O/c1-2-7-15-10-14(17)13-9-16-8-11-5-3-4-6-12(11)13/h2-6,8-9,15H,1,7,10H2. The van der Waals surface area contributed by atoms with Gasteiger partial charge in [0.1, 0.15) is 0 Å². The predicted octanol–water partition coefficient (Wildman–Crippen LogP) is 2.19. The van der Waals surface area contributed by atoms with Crippen LogP contribution in [0.4, 0.5) is 0 Å². The average Bonchev–Trinajstić information content (AvgIpc) is 2.38. The molecule has 2 aromatic rings. The normalized spacial score (nSPS) is 10.4. The van der Waals surface area contributed by atoms with E-state index in [2.05, 4.69) is 16.9 Å². The maximum absolute atomic E-state index is 12.0. The fraction of sp³-hybridized carbons (Fsp3) is 0.143. The summed E-state index contributed by atoms with van der Waals surface area (Å²) in [6.07, 6.45) is 5.12. The van der Waals surface area contributed by atoms with Crippen LogP contribution in [0.3, 0.4) is 0 Å². The van der Waals surface area contributed by atoms with E-state index in [4.69, 9.17) is 0 Å². The van der Waals surface area contributed by atoms with Crippen molar-refractivity contribution < 1.29 is 4.79 Å². The Bertz CT molecular complexity index is 543. The number of nitrogens with one attached hydrogen (secondary N) is 1. The molecule has 0 aliphatic rings. The quantitative estimate of drug-likeness (QED) is 0.483. The molecule has 1 N–H and O–H groups in total. The van der Waals surface area contributed by atoms with Crippen molar-refractivity contribution in [2.75, 3.05) is 13.1 Å². The minimum atomic E-state index is 0.0520. The highest BCUT2D eigenvalue weighted by atomic mass is 16.1. The zero-order chi connectivity index (χ0) is 12.1. The number of nitrogens with zero attached hydrogens (tertiary/aromatic N) is 1. The molecule has 0 atom stereocenters. The number of fused-ring (bicyclic) bond motifs is 1. The van der Waals surface area contributed by atoms with E-state index in [-0.39, 0.29) is 5.78 Å². The number of rotatable bonds is 5. The molecule has 0 unspecified atom stereocenters. The lowest BCUT2D eigenvalue weighted by Crippen LogP contribution is -2.23. The van der Waals surface area contributed by atoms with Crippen LogP contribution in [0.1, 0.15) is 10.4 Å². The van der Waals surface area contributed by atoms with Gasteiger partial charge in [0.2, 0.25) is 0 Å². The third-order valence-electron chi connectivity index (χ3n) is 2.54. The van der Waals surface area contributed by atoms with Gasteiger partial charge in [-0.3, -0.25) is 9.78 Å². The van der Waals surface area contributed by atoms with Crippen LogP contribution in [-0.4, -0.2) is 23.9 Å². The van der Waals surface area contributed by atoms with Gasteiger partial charge in [-0.1, -0.05) is 30.3 Å². The van der Waals surface area contributed by atoms with Crippen LogP contribution >= 0.6 is 0 Å². The van der Waals surface area contributed by atoms with Crippen molar-refractivity contribution in [3.8, 4) is 0 Å². The zero-order valence-electron chi connectivity index (χ0n) is 9.52. The molecule has 1 aromatic carbocycles. The maximum Gasteiger partial charge on any atom is 0.178 e. The summed E-state index contributed by atoms with van der Waals surface area (Å²) in [5.41, 5.74) is 0.666. The fourth-order valence-electron chi connectivity index (χ4n) is 1.72. The van der Waals surface area contributed by atoms with E-state index in [1.54, 1.807) is 18.5 Å². The second-order valence-electron chi connectivity index (χ2n) is 3.75. The smallest absolute Gasteiger partial charge is 0.178 e. The third-order valence-corrected chi connectivity index (χ3v) is 2.54. The van der Waals surface area contributed by atoms with Crippen molar-refractivity contribution >= 4 is 16.6 Å². The molecule has 0 saturated carbocycles. The Kier molecular flexibility index (Phi) is 3.62. The largest absolute Gasteiger partial charge is 0.306 e. The van der Waals surface area contributed by atoms with Gasteiger partial charge in [0.15, 0.2) is 5.78 Å². The van der Waals surface area contributed by atoms with Gasteiger partial charge in [0.05, 0.1) is 6.54 Å². The Hall–Kier alpha value is -2.00. The lowest BCUT2D eigenvalue weighted by molar-refractivity contribution is 0.0993. The highest BCUT2D eigenvalue weighted by Crippen LogP contribution is 2.17. The van der Waals surface area contributed by atoms with Crippen molar-refractivity contribution in [2.45, 2.75) is 0 Å². The molecular formula is C14H14N2O. The third kappa shape index (κ3) is 2.57. The summed E-state index contributed by atoms with van der Waals surface area (Å²) >= 11 is 0. The molecular weight excluding hydrogens is 212 g/mol. The Morgan fingerprint density at radius 3 is 3.00 bits per heavy atom. The molecule has 0 bridgehead atoms. The summed E-state index contributed by atoms with van der Waals surface area (Å²) in [7, 11) is 0. The molecule has 0 saturated heterocycles. The lowest BCUT2D eigenvalue weighted by atomic mass is 10.0. The summed E-state index contributed by atoms with van der Waals surface area (Å²) in [6, 6.07) is 7.76. The van der Waals surface area contributed by atoms with Gasteiger partial charge in [0.25, 0.3) is 0 Å². The number of pyridine rings is 1. The highest BCUT2D eigenvalue weighted by molar-refractivity contribution is 6.08. The molecule has 3 nitrogen and oxygen atoms in total. The molecule has 1 aromatic heterocycles. The summed E-state index contributed by atoms with van der Waals surface area (Å²) in [5.74, 6) is 0.0520. The van der Waals surface area contributed by atoms with Crippen LogP contribution in [0, 0.1) is 0 Å². The number of benzene rings is 1. The van der Waals surface area contributed by atoms with E-state index in [1.807, 2.05) is 24.3 Å². The highest BCUT2D eigenvalue weighted by Gasteiger charge is 2.09. The molecule has 0 amide bonds. The van der Waals surface area contributed by atoms with Crippen molar-refractivity contribution in [2.24, 2.45) is 0 Å². The number of aromatic nitrogens is 1. The second kappa shape index (κ2) is 5.37. The number of ketones is 1. The topological polar surface area (TPSA) is 42.0 Å². The minimum absolute atomic E-state index is 0.0520. The van der Waals surface area contributed by atoms with E-state index >= 15 is 0 Å². The molecule has 0 radical (unpaired) electrons. The molecule has 0 aliphatic heterocycles. The number of hydrogen-bond donors (Lipinski definition) is 1. The Balaban J connectivity index is 2.28. The first-order valence-corrected chi connectivity index (χ1v) is 5.50. The summed E-state index contributed by atoms with van der Waals surface area (Å²) in [4.78, 5) is 16.1. The monoisotopic (exact) mass is 226 g/mol. The molecule has 17 heavy (non-hydrogen) atoms. The van der Waals surface area contributed by atoms with Crippen LogP contribution in [0.2, 0.25) is 0 Å². The Morgan fingerprint density at radius 1 is 1.35 bits per heavy atom. The van der Waals surface area contributed by atoms with Gasteiger partial charge < -0.3 is 5.32 Å². The number of Topliss-reactive ketones (excluding diaryl/α,β-unsaturated/α-hetero) is 1. The van der Waals surface area contributed by atoms with Crippen molar-refractivity contribution in [1.82, 2.24) is 10.3 Å². The maximum atomic E-state index is 12.0. The van der Waals surface area contributed by atoms with Crippen molar-refractivity contribution in [3.05, 3.63) is 54.9 Å². The van der Waals surface area contributed by atoms with Gasteiger partial charge in [-0.25, -0.2) is 0 Å². The van der Waals surface area contributed by atoms with Gasteiger partial charge in [-0.05, 0) is 5.39 Å². The van der Waals surface area contributed by atoms with Crippen LogP contribution < -0.4 is 5.32 Å². The van der Waals surface area contributed by atoms with E-state index in [0.29, 0.717) is 18.7 Å². The van der Waals surface area contributed by atoms with Crippen LogP contribution in [0.5, 0.6) is 0 Å². The number of hydrogen-bond acceptors (Lipinski definition) is 3. The molecule has 0 fully saturated rings. The van der Waals surface area contributed by atoms with E-state index in [1.165, 1.54) is 0 Å². The molecule has 0 aliphatic carbocycles. The van der Waals surface area contributed by atoms with E-state index in [0.717, 1.165) is 10.8 Å². The SMILES string of the molecule is C=CCNCC(=O)c1cncc2ccccc12. The van der Waals surface area contributed by atoms with Gasteiger partial charge in [-0.15, -0.1) is 6.58 Å². The van der Waals surface area contributed by atoms with Gasteiger partial charge in [-0.2, -0.15) is 0 Å². The predicted molar refractivity (Wildman–Crippen MR) is 69.1 cm³/mol. The summed E-state index contributed by atoms with van der Waals surface area (Å²) in [5, 5.41) is 4.94. The lowest BCUT2D eigenvalue weighted by Gasteiger charge is -2.05. The van der Waals surface area contributed by atoms with Crippen molar-refractivity contribution in [1.29, 1.82) is 0 Å². The first-order chi connectivity index (χ1) is 8.33. The first-order valence-electron chi connectivity index (χ1n) is 5.50. The average molecular weight is 226 g/mol. The number of carbonyl (C=O) groups is 1. The fourth-order valence-corrected chi connectivity index (χ4v) is 1.72. The van der Waals surface area contributed by atoms with Gasteiger partial charge >= 0.3 is 0 Å². The van der Waals surface area contributed by atoms with Crippen LogP contribution in [-0.2, 0) is 0 Å². The number of carbonyl (C=O) groups excluding carboxylic acids is 1. The second-order valence-corrected chi connectivity index (χ2v) is 3.75. The molecule has 86 valence electrons. The Labute approximate surface area is 100 Å². The summed E-state index contributed by atoms with van der Waals surface area (Å²) in [6.45, 7) is 4.53. The van der Waals surface area contributed by atoms with Crippen LogP contribution in [0.25, 0.3) is 10.8 Å². The first kappa shape index (κ1) is 11.5.